The second-order valence-corrected chi connectivity index (χ2v) is 4.58. The molecule has 0 aliphatic rings. The van der Waals surface area contributed by atoms with E-state index in [1.807, 2.05) is 0 Å². The standard InChI is InChI=1S/C7H17NO2S/c1-5-7(2,3)6-8(4)11(9)10/h5-6H2,1-4H3,(H,9,10)/p-1. The Morgan fingerprint density at radius 1 is 1.55 bits per heavy atom. The van der Waals surface area contributed by atoms with Crippen molar-refractivity contribution < 1.29 is 8.76 Å². The number of hydrogen-bond acceptors (Lipinski definition) is 2. The summed E-state index contributed by atoms with van der Waals surface area (Å²) < 4.78 is 22.2. The number of rotatable bonds is 4. The van der Waals surface area contributed by atoms with E-state index in [4.69, 9.17) is 0 Å². The fourth-order valence-corrected chi connectivity index (χ4v) is 1.22. The monoisotopic (exact) mass is 178 g/mol. The van der Waals surface area contributed by atoms with Crippen LogP contribution >= 0.6 is 0 Å². The predicted molar refractivity (Wildman–Crippen MR) is 45.6 cm³/mol. The molecule has 3 nitrogen and oxygen atoms in total. The molecule has 11 heavy (non-hydrogen) atoms. The van der Waals surface area contributed by atoms with Crippen LogP contribution in [0.4, 0.5) is 0 Å². The van der Waals surface area contributed by atoms with Gasteiger partial charge in [0.2, 0.25) is 0 Å². The van der Waals surface area contributed by atoms with Crippen LogP contribution in [0.2, 0.25) is 0 Å². The van der Waals surface area contributed by atoms with E-state index in [1.54, 1.807) is 7.05 Å². The highest BCUT2D eigenvalue weighted by molar-refractivity contribution is 7.76. The molecule has 1 atom stereocenters. The molecule has 0 fully saturated rings. The van der Waals surface area contributed by atoms with Crippen molar-refractivity contribution in [2.75, 3.05) is 13.6 Å². The molecule has 0 aliphatic carbocycles. The SMILES string of the molecule is CCC(C)(C)CN(C)S(=O)[O-]. The highest BCUT2D eigenvalue weighted by Gasteiger charge is 2.17. The normalized spacial score (nSPS) is 15.5. The summed E-state index contributed by atoms with van der Waals surface area (Å²) in [6, 6.07) is 0. The Bertz CT molecular complexity index is 147. The lowest BCUT2D eigenvalue weighted by Gasteiger charge is -2.29. The predicted octanol–water partition coefficient (Wildman–Crippen LogP) is 1.15. The Morgan fingerprint density at radius 3 is 2.27 bits per heavy atom. The molecule has 0 bridgehead atoms. The van der Waals surface area contributed by atoms with E-state index in [-0.39, 0.29) is 5.41 Å². The van der Waals surface area contributed by atoms with Gasteiger partial charge in [-0.1, -0.05) is 20.8 Å². The van der Waals surface area contributed by atoms with Crippen molar-refractivity contribution in [1.29, 1.82) is 0 Å². The third kappa shape index (κ3) is 4.50. The van der Waals surface area contributed by atoms with E-state index >= 15 is 0 Å². The Kier molecular flexibility index (Phi) is 4.21. The Labute approximate surface area is 71.2 Å². The maximum Gasteiger partial charge on any atom is 0.0206 e. The van der Waals surface area contributed by atoms with E-state index in [0.717, 1.165) is 6.42 Å². The highest BCUT2D eigenvalue weighted by Crippen LogP contribution is 2.20. The molecular weight excluding hydrogens is 162 g/mol. The van der Waals surface area contributed by atoms with Crippen molar-refractivity contribution in [1.82, 2.24) is 4.31 Å². The Morgan fingerprint density at radius 2 is 2.00 bits per heavy atom. The maximum absolute atomic E-state index is 10.4. The van der Waals surface area contributed by atoms with Crippen LogP contribution in [0.25, 0.3) is 0 Å². The lowest BCUT2D eigenvalue weighted by Crippen LogP contribution is -2.32. The minimum Gasteiger partial charge on any atom is -0.760 e. The van der Waals surface area contributed by atoms with E-state index in [1.165, 1.54) is 4.31 Å². The fourth-order valence-electron chi connectivity index (χ4n) is 0.767. The van der Waals surface area contributed by atoms with Crippen molar-refractivity contribution in [3.63, 3.8) is 0 Å². The minimum absolute atomic E-state index is 0.0782. The second-order valence-electron chi connectivity index (χ2n) is 3.52. The molecule has 68 valence electrons. The molecule has 0 saturated heterocycles. The largest absolute Gasteiger partial charge is 0.760 e. The van der Waals surface area contributed by atoms with E-state index in [0.29, 0.717) is 6.54 Å². The van der Waals surface area contributed by atoms with Crippen LogP contribution in [-0.4, -0.2) is 26.7 Å². The van der Waals surface area contributed by atoms with Gasteiger partial charge in [-0.25, -0.2) is 4.31 Å². The highest BCUT2D eigenvalue weighted by atomic mass is 32.2. The van der Waals surface area contributed by atoms with Gasteiger partial charge in [0.15, 0.2) is 0 Å². The minimum atomic E-state index is -2.08. The van der Waals surface area contributed by atoms with Crippen molar-refractivity contribution in [2.24, 2.45) is 5.41 Å². The zero-order valence-electron chi connectivity index (χ0n) is 7.59. The third-order valence-electron chi connectivity index (χ3n) is 1.86. The molecule has 0 radical (unpaired) electrons. The van der Waals surface area contributed by atoms with E-state index in [9.17, 15) is 8.76 Å². The van der Waals surface area contributed by atoms with Gasteiger partial charge in [0, 0.05) is 17.8 Å². The summed E-state index contributed by atoms with van der Waals surface area (Å²) in [6.45, 7) is 6.74. The first-order valence-corrected chi connectivity index (χ1v) is 4.73. The molecule has 0 saturated carbocycles. The second kappa shape index (κ2) is 4.18. The molecule has 0 heterocycles. The molecule has 0 amide bonds. The summed E-state index contributed by atoms with van der Waals surface area (Å²) in [4.78, 5) is 0. The van der Waals surface area contributed by atoms with Gasteiger partial charge < -0.3 is 4.55 Å². The topological polar surface area (TPSA) is 43.4 Å². The number of hydrogen-bond donors (Lipinski definition) is 0. The Hall–Kier alpha value is 0.0700. The Balaban J connectivity index is 3.93. The third-order valence-corrected chi connectivity index (χ3v) is 2.50. The molecule has 0 aromatic carbocycles. The molecule has 0 rings (SSSR count). The van der Waals surface area contributed by atoms with Gasteiger partial charge in [0.1, 0.15) is 0 Å². The van der Waals surface area contributed by atoms with E-state index < -0.39 is 11.3 Å². The van der Waals surface area contributed by atoms with Crippen molar-refractivity contribution >= 4 is 11.3 Å². The molecule has 0 N–H and O–H groups in total. The van der Waals surface area contributed by atoms with Crippen LogP contribution in [-0.2, 0) is 11.3 Å². The van der Waals surface area contributed by atoms with Crippen LogP contribution in [0, 0.1) is 5.41 Å². The summed E-state index contributed by atoms with van der Waals surface area (Å²) in [5.41, 5.74) is 0.0782. The van der Waals surface area contributed by atoms with Crippen molar-refractivity contribution in [3.05, 3.63) is 0 Å². The quantitative estimate of drug-likeness (QED) is 0.606. The fraction of sp³-hybridized carbons (Fsp3) is 1.00. The average molecular weight is 178 g/mol. The summed E-state index contributed by atoms with van der Waals surface area (Å²) in [5, 5.41) is 0. The van der Waals surface area contributed by atoms with Crippen molar-refractivity contribution in [3.8, 4) is 0 Å². The smallest absolute Gasteiger partial charge is 0.0206 e. The van der Waals surface area contributed by atoms with Crippen LogP contribution in [0.3, 0.4) is 0 Å². The average Bonchev–Trinajstić information content (AvgIpc) is 1.87. The summed E-state index contributed by atoms with van der Waals surface area (Å²) in [7, 11) is 1.58. The van der Waals surface area contributed by atoms with Gasteiger partial charge in [-0.15, -0.1) is 0 Å². The first-order chi connectivity index (χ1) is 4.89. The number of nitrogens with zero attached hydrogens (tertiary/aromatic N) is 1. The molecule has 4 heteroatoms. The zero-order valence-corrected chi connectivity index (χ0v) is 8.40. The lowest BCUT2D eigenvalue weighted by atomic mass is 9.90. The molecule has 0 spiro atoms. The van der Waals surface area contributed by atoms with E-state index in [2.05, 4.69) is 20.8 Å². The molecule has 1 unspecified atom stereocenters. The molecule has 0 aliphatic heterocycles. The first-order valence-electron chi connectivity index (χ1n) is 3.69. The first kappa shape index (κ1) is 11.1. The van der Waals surface area contributed by atoms with Gasteiger partial charge in [0.05, 0.1) is 0 Å². The van der Waals surface area contributed by atoms with Crippen molar-refractivity contribution in [2.45, 2.75) is 27.2 Å². The van der Waals surface area contributed by atoms with Gasteiger partial charge >= 0.3 is 0 Å². The maximum atomic E-state index is 10.4. The lowest BCUT2D eigenvalue weighted by molar-refractivity contribution is 0.269. The summed E-state index contributed by atoms with van der Waals surface area (Å²) in [6.07, 6.45) is 0.981. The molecular formula is C7H16NO2S-. The van der Waals surface area contributed by atoms with Crippen LogP contribution in [0.5, 0.6) is 0 Å². The van der Waals surface area contributed by atoms with Gasteiger partial charge in [-0.3, -0.25) is 4.21 Å². The summed E-state index contributed by atoms with van der Waals surface area (Å²) in [5.74, 6) is 0. The summed E-state index contributed by atoms with van der Waals surface area (Å²) >= 11 is -2.08. The van der Waals surface area contributed by atoms with Crippen LogP contribution < -0.4 is 0 Å². The zero-order chi connectivity index (χ0) is 9.07. The van der Waals surface area contributed by atoms with Gasteiger partial charge in [0.25, 0.3) is 0 Å². The van der Waals surface area contributed by atoms with Crippen LogP contribution in [0.1, 0.15) is 27.2 Å². The van der Waals surface area contributed by atoms with Gasteiger partial charge in [-0.2, -0.15) is 0 Å². The van der Waals surface area contributed by atoms with Crippen LogP contribution in [0.15, 0.2) is 0 Å². The van der Waals surface area contributed by atoms with Gasteiger partial charge in [-0.05, 0) is 18.9 Å². The molecule has 0 aromatic rings. The molecule has 0 aromatic heterocycles.